The zero-order valence-corrected chi connectivity index (χ0v) is 9.29. The fourth-order valence-corrected chi connectivity index (χ4v) is 1.54. The van der Waals surface area contributed by atoms with Crippen LogP contribution < -0.4 is 5.32 Å². The van der Waals surface area contributed by atoms with E-state index in [1.54, 1.807) is 0 Å². The number of aromatic nitrogens is 2. The molecule has 0 aliphatic heterocycles. The Bertz CT molecular complexity index is 417. The fourth-order valence-electron chi connectivity index (χ4n) is 1.26. The van der Waals surface area contributed by atoms with Crippen molar-refractivity contribution in [3.05, 3.63) is 16.5 Å². The molecule has 2 rings (SSSR count). The summed E-state index contributed by atoms with van der Waals surface area (Å²) in [6.45, 7) is 0. The molecule has 0 bridgehead atoms. The highest BCUT2D eigenvalue weighted by atomic mass is 35.5. The third-order valence-corrected chi connectivity index (χ3v) is 2.82. The third-order valence-electron chi connectivity index (χ3n) is 2.37. The van der Waals surface area contributed by atoms with Crippen LogP contribution in [0.15, 0.2) is 6.20 Å². The number of rotatable bonds is 2. The molecule has 0 atom stereocenters. The second kappa shape index (κ2) is 3.63. The fraction of sp³-hybridized carbons (Fsp3) is 0.500. The summed E-state index contributed by atoms with van der Waals surface area (Å²) in [4.78, 5) is 7.18. The lowest BCUT2D eigenvalue weighted by Gasteiger charge is -2.21. The molecule has 1 saturated carbocycles. The Morgan fingerprint density at radius 3 is 2.44 bits per heavy atom. The maximum absolute atomic E-state index is 12.6. The molecule has 1 aliphatic rings. The van der Waals surface area contributed by atoms with E-state index in [-0.39, 0.29) is 29.0 Å². The lowest BCUT2D eigenvalue weighted by molar-refractivity contribution is -0.151. The summed E-state index contributed by atoms with van der Waals surface area (Å²) in [6.07, 6.45) is -3.15. The van der Waals surface area contributed by atoms with Gasteiger partial charge in [0.05, 0.1) is 6.20 Å². The smallest absolute Gasteiger partial charge is 0.355 e. The molecule has 1 aromatic rings. The molecule has 1 N–H and O–H groups in total. The van der Waals surface area contributed by atoms with Crippen LogP contribution in [0.2, 0.25) is 10.3 Å². The Hall–Kier alpha value is -0.750. The van der Waals surface area contributed by atoms with Gasteiger partial charge in [0.2, 0.25) is 5.28 Å². The monoisotopic (exact) mass is 271 g/mol. The van der Waals surface area contributed by atoms with Gasteiger partial charge in [0, 0.05) is 0 Å². The molecule has 0 amide bonds. The van der Waals surface area contributed by atoms with E-state index in [1.165, 1.54) is 0 Å². The summed E-state index contributed by atoms with van der Waals surface area (Å²) in [5, 5.41) is 2.15. The molecule has 16 heavy (non-hydrogen) atoms. The SMILES string of the molecule is FC(F)(F)C1(Nc2nc(Cl)ncc2Cl)CC1. The van der Waals surface area contributed by atoms with E-state index in [2.05, 4.69) is 15.3 Å². The van der Waals surface area contributed by atoms with E-state index >= 15 is 0 Å². The summed E-state index contributed by atoms with van der Waals surface area (Å²) in [5.74, 6) is -0.0866. The molecule has 1 aliphatic carbocycles. The third kappa shape index (κ3) is 2.04. The molecule has 0 unspecified atom stereocenters. The van der Waals surface area contributed by atoms with Crippen molar-refractivity contribution in [3.8, 4) is 0 Å². The van der Waals surface area contributed by atoms with Crippen LogP contribution in [0.5, 0.6) is 0 Å². The summed E-state index contributed by atoms with van der Waals surface area (Å²) in [6, 6.07) is 0. The molecule has 0 radical (unpaired) electrons. The topological polar surface area (TPSA) is 37.8 Å². The van der Waals surface area contributed by atoms with Gasteiger partial charge < -0.3 is 5.32 Å². The highest BCUT2D eigenvalue weighted by molar-refractivity contribution is 6.33. The molecule has 1 aromatic heterocycles. The Labute approximate surface area is 99.0 Å². The molecule has 3 nitrogen and oxygen atoms in total. The Morgan fingerprint density at radius 2 is 1.94 bits per heavy atom. The Morgan fingerprint density at radius 1 is 1.31 bits per heavy atom. The second-order valence-corrected chi connectivity index (χ2v) is 4.29. The first-order valence-electron chi connectivity index (χ1n) is 4.37. The average Bonchev–Trinajstić information content (AvgIpc) is 2.91. The van der Waals surface area contributed by atoms with E-state index < -0.39 is 11.7 Å². The molecule has 0 aromatic carbocycles. The van der Waals surface area contributed by atoms with Gasteiger partial charge in [-0.2, -0.15) is 18.2 Å². The first kappa shape index (κ1) is 11.7. The summed E-state index contributed by atoms with van der Waals surface area (Å²) >= 11 is 11.1. The molecule has 8 heteroatoms. The van der Waals surface area contributed by atoms with E-state index in [4.69, 9.17) is 23.2 Å². The predicted molar refractivity (Wildman–Crippen MR) is 53.7 cm³/mol. The van der Waals surface area contributed by atoms with Crippen LogP contribution in [0, 0.1) is 0 Å². The Kier molecular flexibility index (Phi) is 2.66. The van der Waals surface area contributed by atoms with Crippen molar-refractivity contribution < 1.29 is 13.2 Å². The van der Waals surface area contributed by atoms with Crippen LogP contribution in [0.3, 0.4) is 0 Å². The van der Waals surface area contributed by atoms with Gasteiger partial charge in [-0.05, 0) is 24.4 Å². The number of alkyl halides is 3. The first-order chi connectivity index (χ1) is 7.34. The number of hydrogen-bond donors (Lipinski definition) is 1. The van der Waals surface area contributed by atoms with Gasteiger partial charge in [-0.1, -0.05) is 11.6 Å². The van der Waals surface area contributed by atoms with Crippen molar-refractivity contribution in [2.75, 3.05) is 5.32 Å². The van der Waals surface area contributed by atoms with E-state index in [9.17, 15) is 13.2 Å². The van der Waals surface area contributed by atoms with Crippen LogP contribution in [0.4, 0.5) is 19.0 Å². The van der Waals surface area contributed by atoms with Crippen molar-refractivity contribution in [2.24, 2.45) is 0 Å². The predicted octanol–water partition coefficient (Wildman–Crippen LogP) is 3.29. The van der Waals surface area contributed by atoms with Gasteiger partial charge in [0.1, 0.15) is 10.6 Å². The van der Waals surface area contributed by atoms with Gasteiger partial charge in [-0.15, -0.1) is 0 Å². The van der Waals surface area contributed by atoms with Crippen molar-refractivity contribution in [1.29, 1.82) is 0 Å². The summed E-state index contributed by atoms with van der Waals surface area (Å²) in [7, 11) is 0. The van der Waals surface area contributed by atoms with Gasteiger partial charge >= 0.3 is 6.18 Å². The number of nitrogens with zero attached hydrogens (tertiary/aromatic N) is 2. The lowest BCUT2D eigenvalue weighted by Crippen LogP contribution is -2.39. The minimum Gasteiger partial charge on any atom is -0.355 e. The lowest BCUT2D eigenvalue weighted by atomic mass is 10.2. The molecule has 0 saturated heterocycles. The first-order valence-corrected chi connectivity index (χ1v) is 5.13. The largest absolute Gasteiger partial charge is 0.411 e. The van der Waals surface area contributed by atoms with Gasteiger partial charge in [-0.3, -0.25) is 0 Å². The quantitative estimate of drug-likeness (QED) is 0.839. The molecule has 1 fully saturated rings. The van der Waals surface area contributed by atoms with Crippen molar-refractivity contribution in [2.45, 2.75) is 24.6 Å². The minimum atomic E-state index is -4.33. The minimum absolute atomic E-state index is 0.00838. The van der Waals surface area contributed by atoms with E-state index in [0.29, 0.717) is 0 Å². The number of anilines is 1. The maximum Gasteiger partial charge on any atom is 0.411 e. The number of halogens is 5. The van der Waals surface area contributed by atoms with Crippen molar-refractivity contribution in [3.63, 3.8) is 0 Å². The van der Waals surface area contributed by atoms with E-state index in [0.717, 1.165) is 6.20 Å². The van der Waals surface area contributed by atoms with Crippen LogP contribution in [0.1, 0.15) is 12.8 Å². The van der Waals surface area contributed by atoms with Crippen LogP contribution in [0.25, 0.3) is 0 Å². The van der Waals surface area contributed by atoms with E-state index in [1.807, 2.05) is 0 Å². The van der Waals surface area contributed by atoms with Crippen LogP contribution in [-0.4, -0.2) is 21.7 Å². The highest BCUT2D eigenvalue weighted by Gasteiger charge is 2.63. The standard InChI is InChI=1S/C8H6Cl2F3N3/c9-4-3-14-6(10)15-5(4)16-7(1-2-7)8(11,12)13/h3H,1-2H2,(H,14,15,16). The van der Waals surface area contributed by atoms with Crippen molar-refractivity contribution in [1.82, 2.24) is 9.97 Å². The number of hydrogen-bond acceptors (Lipinski definition) is 3. The molecular weight excluding hydrogens is 266 g/mol. The van der Waals surface area contributed by atoms with Crippen molar-refractivity contribution >= 4 is 29.0 Å². The zero-order valence-electron chi connectivity index (χ0n) is 7.78. The number of nitrogens with one attached hydrogen (secondary N) is 1. The van der Waals surface area contributed by atoms with Gasteiger partial charge in [0.25, 0.3) is 0 Å². The molecule has 0 spiro atoms. The van der Waals surface area contributed by atoms with Gasteiger partial charge in [0.15, 0.2) is 5.82 Å². The molecular formula is C8H6Cl2F3N3. The molecule has 88 valence electrons. The maximum atomic E-state index is 12.6. The van der Waals surface area contributed by atoms with Crippen LogP contribution in [-0.2, 0) is 0 Å². The normalized spacial score (nSPS) is 18.3. The zero-order chi connectivity index (χ0) is 12.0. The summed E-state index contributed by atoms with van der Waals surface area (Å²) in [5.41, 5.74) is -1.91. The Balaban J connectivity index is 2.25. The average molecular weight is 272 g/mol. The van der Waals surface area contributed by atoms with Gasteiger partial charge in [-0.25, -0.2) is 4.98 Å². The van der Waals surface area contributed by atoms with Crippen LogP contribution >= 0.6 is 23.2 Å². The summed E-state index contributed by atoms with van der Waals surface area (Å²) < 4.78 is 37.9. The molecule has 1 heterocycles. The highest BCUT2D eigenvalue weighted by Crippen LogP contribution is 2.51. The second-order valence-electron chi connectivity index (χ2n) is 3.54.